The predicted molar refractivity (Wildman–Crippen MR) is 126 cm³/mol. The Labute approximate surface area is 195 Å². The summed E-state index contributed by atoms with van der Waals surface area (Å²) in [6.45, 7) is 1.97. The normalized spacial score (nSPS) is 17.4. The SMILES string of the molecule is O[C@H](COCc1ccccc1)[C@@H](/C=C(/OCc1ccccc1)C1CO1)OCc1ccccc1. The molecule has 0 aliphatic carbocycles. The monoisotopic (exact) mass is 446 g/mol. The van der Waals surface area contributed by atoms with Crippen molar-refractivity contribution in [3.8, 4) is 0 Å². The highest BCUT2D eigenvalue weighted by molar-refractivity contribution is 5.17. The van der Waals surface area contributed by atoms with E-state index < -0.39 is 12.2 Å². The molecule has 3 aromatic carbocycles. The number of aliphatic hydroxyl groups excluding tert-OH is 1. The third kappa shape index (κ3) is 7.84. The molecular weight excluding hydrogens is 416 g/mol. The molecule has 1 heterocycles. The minimum absolute atomic E-state index is 0.103. The molecule has 172 valence electrons. The maximum absolute atomic E-state index is 10.9. The lowest BCUT2D eigenvalue weighted by Crippen LogP contribution is -2.32. The Kier molecular flexibility index (Phi) is 8.67. The molecule has 0 spiro atoms. The molecule has 1 saturated heterocycles. The van der Waals surface area contributed by atoms with E-state index >= 15 is 0 Å². The molecule has 3 atom stereocenters. The van der Waals surface area contributed by atoms with Gasteiger partial charge in [-0.05, 0) is 22.8 Å². The van der Waals surface area contributed by atoms with Gasteiger partial charge in [-0.15, -0.1) is 0 Å². The van der Waals surface area contributed by atoms with Crippen LogP contribution in [-0.2, 0) is 38.8 Å². The Morgan fingerprint density at radius 2 is 1.33 bits per heavy atom. The van der Waals surface area contributed by atoms with Gasteiger partial charge in [0, 0.05) is 0 Å². The lowest BCUT2D eigenvalue weighted by atomic mass is 10.1. The van der Waals surface area contributed by atoms with Crippen molar-refractivity contribution in [2.75, 3.05) is 13.2 Å². The molecule has 0 bridgehead atoms. The Morgan fingerprint density at radius 1 is 0.818 bits per heavy atom. The molecule has 1 N–H and O–H groups in total. The predicted octanol–water partition coefficient (Wildman–Crippen LogP) is 4.65. The van der Waals surface area contributed by atoms with Gasteiger partial charge in [-0.2, -0.15) is 0 Å². The quantitative estimate of drug-likeness (QED) is 0.306. The fourth-order valence-electron chi connectivity index (χ4n) is 3.37. The largest absolute Gasteiger partial charge is 0.491 e. The van der Waals surface area contributed by atoms with E-state index in [1.54, 1.807) is 0 Å². The van der Waals surface area contributed by atoms with E-state index in [0.717, 1.165) is 16.7 Å². The van der Waals surface area contributed by atoms with E-state index in [1.165, 1.54) is 0 Å². The summed E-state index contributed by atoms with van der Waals surface area (Å²) in [4.78, 5) is 0. The Balaban J connectivity index is 1.41. The standard InChI is InChI=1S/C28H30O5/c29-25(20-30-17-22-10-4-1-5-11-22)26(31-18-23-12-6-2-7-13-23)16-27(28-21-33-28)32-19-24-14-8-3-9-15-24/h1-16,25-26,28-29H,17-21H2/b27-16+/t25-,26-,28?/m1/s1. The van der Waals surface area contributed by atoms with Gasteiger partial charge in [0.25, 0.3) is 0 Å². The second-order valence-corrected chi connectivity index (χ2v) is 7.99. The average molecular weight is 447 g/mol. The summed E-state index contributed by atoms with van der Waals surface area (Å²) in [6, 6.07) is 29.8. The van der Waals surface area contributed by atoms with E-state index in [1.807, 2.05) is 97.1 Å². The number of hydrogen-bond acceptors (Lipinski definition) is 5. The van der Waals surface area contributed by atoms with Crippen LogP contribution in [0.2, 0.25) is 0 Å². The lowest BCUT2D eigenvalue weighted by Gasteiger charge is -2.22. The first kappa shape index (κ1) is 23.2. The van der Waals surface area contributed by atoms with Gasteiger partial charge in [0.15, 0.2) is 0 Å². The van der Waals surface area contributed by atoms with Crippen LogP contribution in [0.3, 0.4) is 0 Å². The number of benzene rings is 3. The minimum atomic E-state index is -0.855. The molecule has 1 unspecified atom stereocenters. The first-order valence-corrected chi connectivity index (χ1v) is 11.2. The summed E-state index contributed by atoms with van der Waals surface area (Å²) >= 11 is 0. The van der Waals surface area contributed by atoms with Gasteiger partial charge in [0.1, 0.15) is 30.7 Å². The first-order valence-electron chi connectivity index (χ1n) is 11.2. The van der Waals surface area contributed by atoms with E-state index in [2.05, 4.69) is 0 Å². The van der Waals surface area contributed by atoms with Gasteiger partial charge in [-0.3, -0.25) is 0 Å². The lowest BCUT2D eigenvalue weighted by molar-refractivity contribution is -0.0618. The second-order valence-electron chi connectivity index (χ2n) is 7.99. The highest BCUT2D eigenvalue weighted by Gasteiger charge is 2.31. The number of aliphatic hydroxyl groups is 1. The molecule has 33 heavy (non-hydrogen) atoms. The fraction of sp³-hybridized carbons (Fsp3) is 0.286. The van der Waals surface area contributed by atoms with Gasteiger partial charge in [0.2, 0.25) is 0 Å². The van der Waals surface area contributed by atoms with Crippen molar-refractivity contribution >= 4 is 0 Å². The van der Waals surface area contributed by atoms with Crippen molar-refractivity contribution in [1.29, 1.82) is 0 Å². The van der Waals surface area contributed by atoms with Crippen LogP contribution >= 0.6 is 0 Å². The van der Waals surface area contributed by atoms with Crippen LogP contribution in [-0.4, -0.2) is 36.6 Å². The summed E-state index contributed by atoms with van der Waals surface area (Å²) in [5.41, 5.74) is 3.15. The zero-order valence-corrected chi connectivity index (χ0v) is 18.6. The van der Waals surface area contributed by atoms with Gasteiger partial charge in [-0.25, -0.2) is 0 Å². The van der Waals surface area contributed by atoms with Crippen molar-refractivity contribution < 1.29 is 24.1 Å². The number of epoxide rings is 1. The third-order valence-electron chi connectivity index (χ3n) is 5.29. The van der Waals surface area contributed by atoms with E-state index in [9.17, 15) is 5.11 Å². The van der Waals surface area contributed by atoms with E-state index in [0.29, 0.717) is 32.2 Å². The topological polar surface area (TPSA) is 60.5 Å². The zero-order chi connectivity index (χ0) is 22.7. The first-order chi connectivity index (χ1) is 16.3. The molecular formula is C28H30O5. The summed E-state index contributed by atoms with van der Waals surface area (Å²) in [7, 11) is 0. The fourth-order valence-corrected chi connectivity index (χ4v) is 3.37. The van der Waals surface area contributed by atoms with Gasteiger partial charge in [-0.1, -0.05) is 91.0 Å². The smallest absolute Gasteiger partial charge is 0.138 e. The molecule has 0 saturated carbocycles. The third-order valence-corrected chi connectivity index (χ3v) is 5.29. The molecule has 1 aliphatic heterocycles. The summed E-state index contributed by atoms with van der Waals surface area (Å²) in [5.74, 6) is 0.680. The molecule has 0 amide bonds. The van der Waals surface area contributed by atoms with Crippen LogP contribution in [0.5, 0.6) is 0 Å². The molecule has 0 radical (unpaired) electrons. The minimum Gasteiger partial charge on any atom is -0.491 e. The maximum atomic E-state index is 10.9. The van der Waals surface area contributed by atoms with Gasteiger partial charge < -0.3 is 24.1 Å². The maximum Gasteiger partial charge on any atom is 0.138 e. The highest BCUT2D eigenvalue weighted by Crippen LogP contribution is 2.24. The van der Waals surface area contributed by atoms with Crippen molar-refractivity contribution in [2.45, 2.75) is 38.1 Å². The number of ether oxygens (including phenoxy) is 4. The molecule has 1 aliphatic rings. The molecule has 1 fully saturated rings. The number of rotatable bonds is 13. The highest BCUT2D eigenvalue weighted by atomic mass is 16.6. The van der Waals surface area contributed by atoms with E-state index in [-0.39, 0.29) is 12.7 Å². The molecule has 0 aromatic heterocycles. The molecule has 3 aromatic rings. The number of hydrogen-bond donors (Lipinski definition) is 1. The summed E-state index contributed by atoms with van der Waals surface area (Å²) < 4.78 is 23.4. The Hall–Kier alpha value is -2.96. The van der Waals surface area contributed by atoms with Crippen LogP contribution in [0.15, 0.2) is 103 Å². The van der Waals surface area contributed by atoms with Crippen LogP contribution in [0, 0.1) is 0 Å². The zero-order valence-electron chi connectivity index (χ0n) is 18.6. The summed E-state index contributed by atoms with van der Waals surface area (Å²) in [5, 5.41) is 10.9. The average Bonchev–Trinajstić information content (AvgIpc) is 3.71. The van der Waals surface area contributed by atoms with Crippen molar-refractivity contribution in [2.24, 2.45) is 0 Å². The van der Waals surface area contributed by atoms with Crippen LogP contribution in [0.25, 0.3) is 0 Å². The van der Waals surface area contributed by atoms with Crippen LogP contribution in [0.1, 0.15) is 16.7 Å². The van der Waals surface area contributed by atoms with Gasteiger partial charge >= 0.3 is 0 Å². The Bertz CT molecular complexity index is 971. The van der Waals surface area contributed by atoms with Gasteiger partial charge in [0.05, 0.1) is 26.4 Å². The Morgan fingerprint density at radius 3 is 1.88 bits per heavy atom. The van der Waals surface area contributed by atoms with Crippen molar-refractivity contribution in [1.82, 2.24) is 0 Å². The van der Waals surface area contributed by atoms with Crippen LogP contribution in [0.4, 0.5) is 0 Å². The van der Waals surface area contributed by atoms with E-state index in [4.69, 9.17) is 18.9 Å². The van der Waals surface area contributed by atoms with Crippen molar-refractivity contribution in [3.63, 3.8) is 0 Å². The summed E-state index contributed by atoms with van der Waals surface area (Å²) in [6.07, 6.45) is 0.275. The molecule has 4 rings (SSSR count). The molecule has 5 nitrogen and oxygen atoms in total. The van der Waals surface area contributed by atoms with Crippen molar-refractivity contribution in [3.05, 3.63) is 120 Å². The second kappa shape index (κ2) is 12.3. The van der Waals surface area contributed by atoms with Crippen LogP contribution < -0.4 is 0 Å². The molecule has 5 heteroatoms.